The molecule has 1 atom stereocenters. The van der Waals surface area contributed by atoms with Crippen LogP contribution >= 0.6 is 11.3 Å². The SMILES string of the molecule is CC(C)CNCC(O)CN1CCN(c2nccs2)CC1. The van der Waals surface area contributed by atoms with Crippen LogP contribution in [0.25, 0.3) is 0 Å². The molecule has 5 nitrogen and oxygen atoms in total. The van der Waals surface area contributed by atoms with Crippen molar-refractivity contribution in [3.63, 3.8) is 0 Å². The number of nitrogens with one attached hydrogen (secondary N) is 1. The summed E-state index contributed by atoms with van der Waals surface area (Å²) in [6.07, 6.45) is 1.58. The van der Waals surface area contributed by atoms with Crippen molar-refractivity contribution in [2.45, 2.75) is 20.0 Å². The van der Waals surface area contributed by atoms with E-state index in [9.17, 15) is 5.11 Å². The zero-order chi connectivity index (χ0) is 14.4. The summed E-state index contributed by atoms with van der Waals surface area (Å²) in [6.45, 7) is 10.8. The monoisotopic (exact) mass is 298 g/mol. The minimum Gasteiger partial charge on any atom is -0.390 e. The molecule has 1 unspecified atom stereocenters. The van der Waals surface area contributed by atoms with Crippen LogP contribution in [0.3, 0.4) is 0 Å². The van der Waals surface area contributed by atoms with Gasteiger partial charge < -0.3 is 15.3 Å². The predicted octanol–water partition coefficient (Wildman–Crippen LogP) is 0.872. The minimum atomic E-state index is -0.278. The lowest BCUT2D eigenvalue weighted by molar-refractivity contribution is 0.107. The van der Waals surface area contributed by atoms with Crippen LogP contribution in [0, 0.1) is 5.92 Å². The van der Waals surface area contributed by atoms with E-state index < -0.39 is 0 Å². The summed E-state index contributed by atoms with van der Waals surface area (Å²) in [5.74, 6) is 0.629. The number of β-amino-alcohol motifs (C(OH)–C–C–N with tert-alkyl or cyclic N) is 1. The maximum absolute atomic E-state index is 10.0. The van der Waals surface area contributed by atoms with Crippen LogP contribution in [-0.4, -0.2) is 66.9 Å². The molecule has 1 aromatic heterocycles. The van der Waals surface area contributed by atoms with Gasteiger partial charge in [-0.1, -0.05) is 13.8 Å². The Morgan fingerprint density at radius 1 is 1.30 bits per heavy atom. The number of aromatic nitrogens is 1. The quantitative estimate of drug-likeness (QED) is 0.782. The molecule has 2 rings (SSSR count). The molecule has 0 bridgehead atoms. The molecule has 0 aromatic carbocycles. The van der Waals surface area contributed by atoms with E-state index in [0.717, 1.165) is 44.4 Å². The van der Waals surface area contributed by atoms with Crippen LogP contribution in [-0.2, 0) is 0 Å². The van der Waals surface area contributed by atoms with Crippen LogP contribution in [0.4, 0.5) is 5.13 Å². The third-order valence-electron chi connectivity index (χ3n) is 3.46. The molecule has 0 saturated carbocycles. The molecule has 1 fully saturated rings. The largest absolute Gasteiger partial charge is 0.390 e. The summed E-state index contributed by atoms with van der Waals surface area (Å²) in [5.41, 5.74) is 0. The van der Waals surface area contributed by atoms with E-state index >= 15 is 0 Å². The van der Waals surface area contributed by atoms with Crippen LogP contribution in [0.5, 0.6) is 0 Å². The van der Waals surface area contributed by atoms with E-state index in [1.165, 1.54) is 0 Å². The Hall–Kier alpha value is -0.690. The van der Waals surface area contributed by atoms with Crippen molar-refractivity contribution in [3.8, 4) is 0 Å². The van der Waals surface area contributed by atoms with Gasteiger partial charge in [-0.15, -0.1) is 11.3 Å². The van der Waals surface area contributed by atoms with Crippen molar-refractivity contribution in [2.75, 3.05) is 50.7 Å². The topological polar surface area (TPSA) is 51.6 Å². The number of aliphatic hydroxyl groups excluding tert-OH is 1. The van der Waals surface area contributed by atoms with E-state index in [0.29, 0.717) is 12.5 Å². The van der Waals surface area contributed by atoms with Gasteiger partial charge in [0.05, 0.1) is 6.10 Å². The van der Waals surface area contributed by atoms with Crippen molar-refractivity contribution >= 4 is 16.5 Å². The number of anilines is 1. The molecule has 20 heavy (non-hydrogen) atoms. The zero-order valence-electron chi connectivity index (χ0n) is 12.5. The molecule has 2 N–H and O–H groups in total. The fourth-order valence-corrected chi connectivity index (χ4v) is 3.09. The Morgan fingerprint density at radius 2 is 2.05 bits per heavy atom. The molecule has 0 amide bonds. The molecule has 1 aliphatic rings. The number of rotatable bonds is 7. The van der Waals surface area contributed by atoms with Crippen molar-refractivity contribution in [3.05, 3.63) is 11.6 Å². The van der Waals surface area contributed by atoms with E-state index in [2.05, 4.69) is 33.9 Å². The summed E-state index contributed by atoms with van der Waals surface area (Å²) in [7, 11) is 0. The lowest BCUT2D eigenvalue weighted by Crippen LogP contribution is -2.49. The lowest BCUT2D eigenvalue weighted by Gasteiger charge is -2.35. The molecule has 0 aliphatic carbocycles. The van der Waals surface area contributed by atoms with E-state index in [1.54, 1.807) is 11.3 Å². The van der Waals surface area contributed by atoms with Crippen LogP contribution in [0.1, 0.15) is 13.8 Å². The molecular formula is C14H26N4OS. The Bertz CT molecular complexity index is 363. The summed E-state index contributed by atoms with van der Waals surface area (Å²) >= 11 is 1.70. The van der Waals surface area contributed by atoms with E-state index in [1.807, 2.05) is 11.6 Å². The van der Waals surface area contributed by atoms with E-state index in [4.69, 9.17) is 0 Å². The molecule has 6 heteroatoms. The molecule has 1 saturated heterocycles. The van der Waals surface area contributed by atoms with Crippen molar-refractivity contribution in [2.24, 2.45) is 5.92 Å². The Kier molecular flexibility index (Phi) is 6.22. The lowest BCUT2D eigenvalue weighted by atomic mass is 10.2. The number of piperazine rings is 1. The number of nitrogens with zero attached hydrogens (tertiary/aromatic N) is 3. The van der Waals surface area contributed by atoms with Gasteiger partial charge in [0, 0.05) is 50.8 Å². The Morgan fingerprint density at radius 3 is 2.65 bits per heavy atom. The first-order valence-corrected chi connectivity index (χ1v) is 8.28. The molecule has 0 radical (unpaired) electrons. The van der Waals surface area contributed by atoms with Gasteiger partial charge in [0.1, 0.15) is 0 Å². The van der Waals surface area contributed by atoms with Crippen LogP contribution < -0.4 is 10.2 Å². The second kappa shape index (κ2) is 7.93. The third-order valence-corrected chi connectivity index (χ3v) is 4.30. The predicted molar refractivity (Wildman–Crippen MR) is 84.5 cm³/mol. The van der Waals surface area contributed by atoms with Crippen molar-refractivity contribution in [1.29, 1.82) is 0 Å². The van der Waals surface area contributed by atoms with Gasteiger partial charge in [-0.05, 0) is 12.5 Å². The van der Waals surface area contributed by atoms with Gasteiger partial charge in [0.15, 0.2) is 5.13 Å². The van der Waals surface area contributed by atoms with Crippen molar-refractivity contribution in [1.82, 2.24) is 15.2 Å². The Balaban J connectivity index is 1.64. The summed E-state index contributed by atoms with van der Waals surface area (Å²) in [4.78, 5) is 9.01. The molecule has 1 aliphatic heterocycles. The molecule has 1 aromatic rings. The van der Waals surface area contributed by atoms with Gasteiger partial charge in [-0.3, -0.25) is 4.90 Å². The maximum atomic E-state index is 10.0. The highest BCUT2D eigenvalue weighted by atomic mass is 32.1. The second-order valence-corrected chi connectivity index (χ2v) is 6.68. The van der Waals surface area contributed by atoms with Gasteiger partial charge >= 0.3 is 0 Å². The average Bonchev–Trinajstić information content (AvgIpc) is 2.93. The highest BCUT2D eigenvalue weighted by Crippen LogP contribution is 2.18. The molecule has 2 heterocycles. The highest BCUT2D eigenvalue weighted by molar-refractivity contribution is 7.13. The second-order valence-electron chi connectivity index (χ2n) is 5.81. The first-order chi connectivity index (χ1) is 9.65. The average molecular weight is 298 g/mol. The van der Waals surface area contributed by atoms with Gasteiger partial charge in [-0.25, -0.2) is 4.98 Å². The highest BCUT2D eigenvalue weighted by Gasteiger charge is 2.20. The zero-order valence-corrected chi connectivity index (χ0v) is 13.3. The molecular weight excluding hydrogens is 272 g/mol. The Labute approximate surface area is 125 Å². The summed E-state index contributed by atoms with van der Waals surface area (Å²) in [5, 5.41) is 16.5. The first kappa shape index (κ1) is 15.7. The van der Waals surface area contributed by atoms with Crippen LogP contribution in [0.15, 0.2) is 11.6 Å². The normalized spacial score (nSPS) is 18.7. The number of thiazole rings is 1. The number of hydrogen-bond donors (Lipinski definition) is 2. The number of hydrogen-bond acceptors (Lipinski definition) is 6. The van der Waals surface area contributed by atoms with Gasteiger partial charge in [-0.2, -0.15) is 0 Å². The van der Waals surface area contributed by atoms with Gasteiger partial charge in [0.25, 0.3) is 0 Å². The summed E-state index contributed by atoms with van der Waals surface area (Å²) < 4.78 is 0. The molecule has 0 spiro atoms. The van der Waals surface area contributed by atoms with Crippen molar-refractivity contribution < 1.29 is 5.11 Å². The fraction of sp³-hybridized carbons (Fsp3) is 0.786. The van der Waals surface area contributed by atoms with Gasteiger partial charge in [0.2, 0.25) is 0 Å². The first-order valence-electron chi connectivity index (χ1n) is 7.40. The fourth-order valence-electron chi connectivity index (χ4n) is 2.40. The third kappa shape index (κ3) is 5.01. The molecule has 114 valence electrons. The minimum absolute atomic E-state index is 0.278. The standard InChI is InChI=1S/C14H26N4OS/c1-12(2)9-15-10-13(19)11-17-4-6-18(7-5-17)14-16-3-8-20-14/h3,8,12-13,15,19H,4-7,9-11H2,1-2H3. The maximum Gasteiger partial charge on any atom is 0.185 e. The number of aliphatic hydroxyl groups is 1. The smallest absolute Gasteiger partial charge is 0.185 e. The summed E-state index contributed by atoms with van der Waals surface area (Å²) in [6, 6.07) is 0. The van der Waals surface area contributed by atoms with E-state index in [-0.39, 0.29) is 6.10 Å². The van der Waals surface area contributed by atoms with Crippen LogP contribution in [0.2, 0.25) is 0 Å².